The molecule has 0 aliphatic carbocycles. The second kappa shape index (κ2) is 10.7. The summed E-state index contributed by atoms with van der Waals surface area (Å²) in [5.74, 6) is 0.635. The lowest BCUT2D eigenvalue weighted by Gasteiger charge is -2.07. The van der Waals surface area contributed by atoms with Crippen molar-refractivity contribution in [2.24, 2.45) is 0 Å². The molecule has 2 heterocycles. The van der Waals surface area contributed by atoms with Gasteiger partial charge in [0.25, 0.3) is 0 Å². The Balaban J connectivity index is 1.20. The number of nitrogens with zero attached hydrogens (tertiary/aromatic N) is 3. The van der Waals surface area contributed by atoms with Crippen molar-refractivity contribution in [2.75, 3.05) is 5.32 Å². The summed E-state index contributed by atoms with van der Waals surface area (Å²) < 4.78 is 5.76. The number of hydrogen-bond donors (Lipinski definition) is 2. The lowest BCUT2D eigenvalue weighted by atomic mass is 10.2. The Hall–Kier alpha value is -3.69. The first kappa shape index (κ1) is 25.0. The number of hydrogen-bond acceptors (Lipinski definition) is 5. The van der Waals surface area contributed by atoms with E-state index in [9.17, 15) is 4.79 Å². The topological polar surface area (TPSA) is 85.0 Å². The van der Waals surface area contributed by atoms with Crippen LogP contribution in [-0.4, -0.2) is 26.0 Å². The molecule has 1 amide bonds. The molecule has 0 spiro atoms. The van der Waals surface area contributed by atoms with Crippen LogP contribution in [0.15, 0.2) is 83.3 Å². The average Bonchev–Trinajstić information content (AvgIpc) is 3.49. The molecule has 2 aromatic heterocycles. The van der Waals surface area contributed by atoms with Gasteiger partial charge in [0, 0.05) is 32.4 Å². The molecular weight excluding hydrogens is 553 g/mol. The zero-order chi connectivity index (χ0) is 25.9. The average molecular weight is 569 g/mol. The van der Waals surface area contributed by atoms with Crippen LogP contribution in [0.1, 0.15) is 5.76 Å². The maximum absolute atomic E-state index is 12.3. The van der Waals surface area contributed by atoms with E-state index < -0.39 is 5.91 Å². The molecule has 5 aromatic rings. The summed E-state index contributed by atoms with van der Waals surface area (Å²) in [7, 11) is 0. The van der Waals surface area contributed by atoms with E-state index in [1.54, 1.807) is 54.6 Å². The Kier molecular flexibility index (Phi) is 7.25. The highest BCUT2D eigenvalue weighted by Gasteiger charge is 2.09. The number of nitrogens with one attached hydrogen (secondary N) is 2. The summed E-state index contributed by atoms with van der Waals surface area (Å²) in [4.78, 5) is 13.9. The number of rotatable bonds is 5. The van der Waals surface area contributed by atoms with Crippen LogP contribution in [0, 0.1) is 0 Å². The molecular formula is C26H16Cl3N5O2S. The van der Waals surface area contributed by atoms with Crippen molar-refractivity contribution in [1.82, 2.24) is 20.3 Å². The molecule has 7 nitrogen and oxygen atoms in total. The van der Waals surface area contributed by atoms with Crippen molar-refractivity contribution in [3.63, 3.8) is 0 Å². The minimum absolute atomic E-state index is 0.132. The molecule has 0 bridgehead atoms. The van der Waals surface area contributed by atoms with Crippen LogP contribution in [0.5, 0.6) is 0 Å². The van der Waals surface area contributed by atoms with E-state index in [4.69, 9.17) is 51.4 Å². The van der Waals surface area contributed by atoms with E-state index in [0.29, 0.717) is 43.3 Å². The third-order valence-electron chi connectivity index (χ3n) is 5.11. The fourth-order valence-electron chi connectivity index (χ4n) is 3.45. The Bertz CT molecular complexity index is 1640. The number of thiocarbonyl (C=S) groups is 1. The lowest BCUT2D eigenvalue weighted by molar-refractivity contribution is -0.115. The van der Waals surface area contributed by atoms with Crippen LogP contribution < -0.4 is 10.6 Å². The van der Waals surface area contributed by atoms with E-state index in [2.05, 4.69) is 20.8 Å². The van der Waals surface area contributed by atoms with Gasteiger partial charge in [0.2, 0.25) is 5.91 Å². The first-order valence-electron chi connectivity index (χ1n) is 10.8. The molecule has 2 N–H and O–H groups in total. The zero-order valence-corrected chi connectivity index (χ0v) is 21.9. The second-order valence-electron chi connectivity index (χ2n) is 7.81. The van der Waals surface area contributed by atoms with E-state index >= 15 is 0 Å². The van der Waals surface area contributed by atoms with Crippen LogP contribution in [0.4, 0.5) is 5.69 Å². The molecule has 0 aliphatic rings. The predicted molar refractivity (Wildman–Crippen MR) is 151 cm³/mol. The van der Waals surface area contributed by atoms with Gasteiger partial charge in [0.15, 0.2) is 5.11 Å². The van der Waals surface area contributed by atoms with Gasteiger partial charge < -0.3 is 9.73 Å². The van der Waals surface area contributed by atoms with E-state index in [0.717, 1.165) is 11.3 Å². The van der Waals surface area contributed by atoms with E-state index in [-0.39, 0.29) is 5.11 Å². The second-order valence-corrected chi connectivity index (χ2v) is 9.52. The largest absolute Gasteiger partial charge is 0.457 e. The number of carbonyl (C=O) groups is 1. The first-order chi connectivity index (χ1) is 17.8. The summed E-state index contributed by atoms with van der Waals surface area (Å²) in [5, 5.41) is 16.3. The predicted octanol–water partition coefficient (Wildman–Crippen LogP) is 7.17. The minimum Gasteiger partial charge on any atom is -0.457 e. The highest BCUT2D eigenvalue weighted by Crippen LogP contribution is 2.29. The van der Waals surface area contributed by atoms with E-state index in [1.165, 1.54) is 16.9 Å². The summed E-state index contributed by atoms with van der Waals surface area (Å²) in [6.07, 6.45) is 2.86. The number of anilines is 1. The molecule has 11 heteroatoms. The van der Waals surface area contributed by atoms with Gasteiger partial charge in [0.05, 0.1) is 5.69 Å². The Morgan fingerprint density at radius 1 is 0.865 bits per heavy atom. The van der Waals surface area contributed by atoms with Crippen LogP contribution in [0.3, 0.4) is 0 Å². The van der Waals surface area contributed by atoms with Gasteiger partial charge in [-0.3, -0.25) is 10.1 Å². The number of benzene rings is 3. The molecule has 184 valence electrons. The standard InChI is InChI=1S/C26H16Cl3N5O2S/c27-16-1-4-20(5-2-16)34-32-22-8-3-19(14-23(22)33-34)30-26(37)31-25(35)10-7-21-6-9-24(36-21)15-11-17(28)13-18(29)12-15/h1-14H,(H2,30,31,35,37)/b10-7+. The van der Waals surface area contributed by atoms with Crippen LogP contribution in [0.2, 0.25) is 15.1 Å². The molecule has 0 unspecified atom stereocenters. The van der Waals surface area contributed by atoms with Crippen LogP contribution in [-0.2, 0) is 4.79 Å². The van der Waals surface area contributed by atoms with Gasteiger partial charge in [-0.1, -0.05) is 34.8 Å². The van der Waals surface area contributed by atoms with Crippen molar-refractivity contribution < 1.29 is 9.21 Å². The highest BCUT2D eigenvalue weighted by atomic mass is 35.5. The molecule has 3 aromatic carbocycles. The van der Waals surface area contributed by atoms with Crippen molar-refractivity contribution in [3.05, 3.63) is 99.7 Å². The third-order valence-corrected chi connectivity index (χ3v) is 6.00. The summed E-state index contributed by atoms with van der Waals surface area (Å²) in [6.45, 7) is 0. The lowest BCUT2D eigenvalue weighted by Crippen LogP contribution is -2.32. The number of halogens is 3. The monoisotopic (exact) mass is 567 g/mol. The maximum atomic E-state index is 12.3. The van der Waals surface area contributed by atoms with Gasteiger partial charge in [0.1, 0.15) is 22.6 Å². The van der Waals surface area contributed by atoms with Crippen molar-refractivity contribution >= 4 is 80.8 Å². The molecule has 37 heavy (non-hydrogen) atoms. The SMILES string of the molecule is O=C(/C=C/c1ccc(-c2cc(Cl)cc(Cl)c2)o1)NC(=S)Nc1ccc2nn(-c3ccc(Cl)cc3)nc2c1. The Labute approximate surface area is 231 Å². The van der Waals surface area contributed by atoms with Crippen LogP contribution >= 0.6 is 47.0 Å². The number of amides is 1. The first-order valence-corrected chi connectivity index (χ1v) is 12.4. The normalized spacial score (nSPS) is 11.2. The molecule has 0 atom stereocenters. The van der Waals surface area contributed by atoms with Gasteiger partial charge in [-0.25, -0.2) is 0 Å². The third kappa shape index (κ3) is 6.18. The molecule has 0 saturated carbocycles. The maximum Gasteiger partial charge on any atom is 0.250 e. The number of fused-ring (bicyclic) bond motifs is 1. The van der Waals surface area contributed by atoms with Crippen molar-refractivity contribution in [3.8, 4) is 17.0 Å². The Morgan fingerprint density at radius 2 is 1.59 bits per heavy atom. The van der Waals surface area contributed by atoms with Gasteiger partial charge in [-0.2, -0.15) is 4.80 Å². The fraction of sp³-hybridized carbons (Fsp3) is 0. The zero-order valence-electron chi connectivity index (χ0n) is 18.8. The molecule has 5 rings (SSSR count). The van der Waals surface area contributed by atoms with Gasteiger partial charge in [-0.05, 0) is 91.1 Å². The quantitative estimate of drug-likeness (QED) is 0.173. The summed E-state index contributed by atoms with van der Waals surface area (Å²) in [6, 6.07) is 21.2. The molecule has 0 saturated heterocycles. The highest BCUT2D eigenvalue weighted by molar-refractivity contribution is 7.80. The fourth-order valence-corrected chi connectivity index (χ4v) is 4.32. The molecule has 0 fully saturated rings. The summed E-state index contributed by atoms with van der Waals surface area (Å²) >= 11 is 23.3. The minimum atomic E-state index is -0.420. The number of aromatic nitrogens is 3. The summed E-state index contributed by atoms with van der Waals surface area (Å²) in [5.41, 5.74) is 3.53. The van der Waals surface area contributed by atoms with Crippen LogP contribution in [0.25, 0.3) is 34.1 Å². The number of carbonyl (C=O) groups excluding carboxylic acids is 1. The van der Waals surface area contributed by atoms with Crippen molar-refractivity contribution in [2.45, 2.75) is 0 Å². The van der Waals surface area contributed by atoms with Crippen molar-refractivity contribution in [1.29, 1.82) is 0 Å². The molecule has 0 aliphatic heterocycles. The van der Waals surface area contributed by atoms with Gasteiger partial charge >= 0.3 is 0 Å². The number of furan rings is 1. The van der Waals surface area contributed by atoms with E-state index in [1.807, 2.05) is 18.2 Å². The smallest absolute Gasteiger partial charge is 0.250 e. The molecule has 0 radical (unpaired) electrons. The Morgan fingerprint density at radius 3 is 2.35 bits per heavy atom. The van der Waals surface area contributed by atoms with Gasteiger partial charge in [-0.15, -0.1) is 10.2 Å².